The highest BCUT2D eigenvalue weighted by atomic mass is 19.1. The van der Waals surface area contributed by atoms with Crippen LogP contribution in [-0.4, -0.2) is 130 Å². The third-order valence-electron chi connectivity index (χ3n) is 15.5. The van der Waals surface area contributed by atoms with E-state index >= 15 is 0 Å². The smallest absolute Gasteiger partial charge is 0.407 e. The molecule has 2 saturated carbocycles. The zero-order valence-corrected chi connectivity index (χ0v) is 38.5. The van der Waals surface area contributed by atoms with Gasteiger partial charge in [0.05, 0.1) is 73.4 Å². The molecule has 16 nitrogen and oxygen atoms in total. The number of H-pyrrole nitrogens is 2. The van der Waals surface area contributed by atoms with Crippen molar-refractivity contribution in [3.63, 3.8) is 0 Å². The van der Waals surface area contributed by atoms with Crippen LogP contribution in [0.2, 0.25) is 0 Å². The number of nitrogens with one attached hydrogen (secondary N) is 4. The van der Waals surface area contributed by atoms with Gasteiger partial charge in [0.15, 0.2) is 0 Å². The fourth-order valence-electron chi connectivity index (χ4n) is 11.4. The van der Waals surface area contributed by atoms with Crippen molar-refractivity contribution in [2.24, 2.45) is 11.8 Å². The molecule has 2 spiro atoms. The third-order valence-corrected chi connectivity index (χ3v) is 15.5. The molecule has 4 aromatic rings. The van der Waals surface area contributed by atoms with Gasteiger partial charge in [0.1, 0.15) is 37.1 Å². The van der Waals surface area contributed by atoms with Crippen LogP contribution in [0, 0.1) is 11.8 Å². The molecule has 2 aromatic heterocycles. The van der Waals surface area contributed by atoms with E-state index in [1.807, 2.05) is 48.5 Å². The monoisotopic (exact) mass is 938 g/mol. The average molecular weight is 939 g/mol. The first-order valence-electron chi connectivity index (χ1n) is 24.1. The molecule has 18 heteroatoms. The molecular formula is C50H60F2N8O8. The maximum Gasteiger partial charge on any atom is 0.407 e. The summed E-state index contributed by atoms with van der Waals surface area (Å²) < 4.78 is 51.0. The van der Waals surface area contributed by atoms with E-state index in [2.05, 4.69) is 20.6 Å². The second-order valence-corrected chi connectivity index (χ2v) is 19.6. The number of ether oxygens (including phenoxy) is 4. The lowest BCUT2D eigenvalue weighted by molar-refractivity contribution is -0.141. The topological polar surface area (TPSA) is 193 Å². The maximum atomic E-state index is 14.6. The number of amides is 4. The number of hydrogen-bond donors (Lipinski definition) is 4. The highest BCUT2D eigenvalue weighted by molar-refractivity contribution is 5.88. The Kier molecular flexibility index (Phi) is 12.8. The van der Waals surface area contributed by atoms with Crippen molar-refractivity contribution < 1.29 is 46.9 Å². The van der Waals surface area contributed by atoms with Gasteiger partial charge in [-0.3, -0.25) is 9.59 Å². The summed E-state index contributed by atoms with van der Waals surface area (Å²) in [4.78, 5) is 73.3. The molecule has 0 unspecified atom stereocenters. The van der Waals surface area contributed by atoms with Crippen LogP contribution in [0.1, 0.15) is 101 Å². The highest BCUT2D eigenvalue weighted by Gasteiger charge is 2.54. The summed E-state index contributed by atoms with van der Waals surface area (Å²) in [5.41, 5.74) is 4.77. The molecule has 4 aliphatic heterocycles. The number of rotatable bonds is 13. The number of halogens is 2. The lowest BCUT2D eigenvalue weighted by Crippen LogP contribution is -2.55. The zero-order valence-electron chi connectivity index (χ0n) is 38.5. The first kappa shape index (κ1) is 45.9. The number of methoxy groups -OCH3 is 2. The zero-order chi connectivity index (χ0) is 47.2. The van der Waals surface area contributed by atoms with E-state index in [1.165, 1.54) is 14.2 Å². The predicted molar refractivity (Wildman–Crippen MR) is 244 cm³/mol. The van der Waals surface area contributed by atoms with E-state index < -0.39 is 61.8 Å². The number of carbonyl (C=O) groups excluding carboxylic acids is 4. The minimum absolute atomic E-state index is 0.167. The van der Waals surface area contributed by atoms with E-state index in [4.69, 9.17) is 28.9 Å². The number of carbonyl (C=O) groups is 4. The quantitative estimate of drug-likeness (QED) is 0.104. The second-order valence-electron chi connectivity index (χ2n) is 19.6. The standard InChI is InChI=1S/C50H60F2N8O8/c1-65-47(63)57-41(33-15-21-67-49(23-33)17-18-49)45(61)59-35(25-51)11-13-39(59)43-53-27-37(55-43)31-7-3-29(4-8-31)30-5-9-32(10-6-30)38-28-54-44(56-38)40-14-12-36(26-52)60(40)46(62)42(58-48(64)66-2)34-16-22-68-50(24-34)19-20-50/h3-10,27-28,33-36,39-42H,11-26H2,1-2H3,(H,53,55)(H,54,56)(H,57,63)(H,58,64)/t33-,34-,35+,36+,39-,40-,41-,42-/m0/s1. The molecule has 2 aromatic carbocycles. The van der Waals surface area contributed by atoms with Gasteiger partial charge in [-0.05, 0) is 111 Å². The largest absolute Gasteiger partial charge is 0.453 e. The Morgan fingerprint density at radius 3 is 1.37 bits per heavy atom. The summed E-state index contributed by atoms with van der Waals surface area (Å²) in [5.74, 6) is 0.118. The number of aromatic nitrogens is 4. The number of nitrogens with zero attached hydrogens (tertiary/aromatic N) is 4. The van der Waals surface area contributed by atoms with Crippen molar-refractivity contribution >= 4 is 24.0 Å². The van der Waals surface area contributed by atoms with Crippen molar-refractivity contribution in [1.82, 2.24) is 40.4 Å². The molecule has 8 atom stereocenters. The van der Waals surface area contributed by atoms with Gasteiger partial charge >= 0.3 is 12.2 Å². The van der Waals surface area contributed by atoms with Gasteiger partial charge in [0.2, 0.25) is 11.8 Å². The normalized spacial score (nSPS) is 26.6. The Bertz CT molecular complexity index is 2300. The van der Waals surface area contributed by atoms with Crippen LogP contribution >= 0.6 is 0 Å². The third kappa shape index (κ3) is 9.08. The first-order valence-corrected chi connectivity index (χ1v) is 24.1. The van der Waals surface area contributed by atoms with Crippen molar-refractivity contribution in [2.75, 3.05) is 40.8 Å². The molecule has 4 saturated heterocycles. The van der Waals surface area contributed by atoms with Gasteiger partial charge in [-0.1, -0.05) is 48.5 Å². The Labute approximate surface area is 393 Å². The minimum Gasteiger partial charge on any atom is -0.453 e. The molecule has 6 fully saturated rings. The molecule has 2 aliphatic carbocycles. The number of alkyl carbamates (subject to hydrolysis) is 2. The van der Waals surface area contributed by atoms with E-state index in [0.29, 0.717) is 76.2 Å². The predicted octanol–water partition coefficient (Wildman–Crippen LogP) is 7.50. The summed E-state index contributed by atoms with van der Waals surface area (Å²) in [6.45, 7) is -0.408. The van der Waals surface area contributed by atoms with Crippen LogP contribution in [0.4, 0.5) is 18.4 Å². The fourth-order valence-corrected chi connectivity index (χ4v) is 11.4. The molecule has 68 heavy (non-hydrogen) atoms. The molecule has 6 aliphatic rings. The number of likely N-dealkylation sites (tertiary alicyclic amines) is 2. The number of benzene rings is 2. The Hall–Kier alpha value is -5.88. The lowest BCUT2D eigenvalue weighted by Gasteiger charge is -2.38. The van der Waals surface area contributed by atoms with Gasteiger partial charge < -0.3 is 49.3 Å². The van der Waals surface area contributed by atoms with Crippen LogP contribution in [0.25, 0.3) is 33.6 Å². The highest BCUT2D eigenvalue weighted by Crippen LogP contribution is 2.51. The number of aromatic amines is 2. The molecule has 362 valence electrons. The van der Waals surface area contributed by atoms with Crippen molar-refractivity contribution in [1.29, 1.82) is 0 Å². The van der Waals surface area contributed by atoms with E-state index in [9.17, 15) is 28.0 Å². The van der Waals surface area contributed by atoms with Crippen LogP contribution in [0.5, 0.6) is 0 Å². The van der Waals surface area contributed by atoms with Gasteiger partial charge in [-0.15, -0.1) is 0 Å². The van der Waals surface area contributed by atoms with Gasteiger partial charge in [-0.2, -0.15) is 0 Å². The van der Waals surface area contributed by atoms with Gasteiger partial charge in [-0.25, -0.2) is 28.3 Å². The molecule has 10 rings (SSSR count). The van der Waals surface area contributed by atoms with E-state index in [0.717, 1.165) is 59.3 Å². The summed E-state index contributed by atoms with van der Waals surface area (Å²) in [6.07, 6.45) is 10.2. The van der Waals surface area contributed by atoms with E-state index in [-0.39, 0.29) is 34.9 Å². The van der Waals surface area contributed by atoms with Crippen molar-refractivity contribution in [3.05, 3.63) is 72.6 Å². The molecule has 4 amide bonds. The summed E-state index contributed by atoms with van der Waals surface area (Å²) in [6, 6.07) is 12.0. The van der Waals surface area contributed by atoms with E-state index in [1.54, 1.807) is 22.2 Å². The number of imidazole rings is 2. The Morgan fingerprint density at radius 2 is 1.01 bits per heavy atom. The van der Waals surface area contributed by atoms with Crippen LogP contribution < -0.4 is 10.6 Å². The minimum atomic E-state index is -0.877. The van der Waals surface area contributed by atoms with Gasteiger partial charge in [0.25, 0.3) is 0 Å². The fraction of sp³-hybridized carbons (Fsp3) is 0.560. The summed E-state index contributed by atoms with van der Waals surface area (Å²) >= 11 is 0. The Balaban J connectivity index is 0.813. The molecule has 0 bridgehead atoms. The molecular weight excluding hydrogens is 879 g/mol. The number of hydrogen-bond acceptors (Lipinski definition) is 10. The van der Waals surface area contributed by atoms with Crippen molar-refractivity contribution in [3.8, 4) is 33.6 Å². The first-order chi connectivity index (χ1) is 33.0. The maximum absolute atomic E-state index is 14.6. The molecule has 0 radical (unpaired) electrons. The Morgan fingerprint density at radius 1 is 0.632 bits per heavy atom. The van der Waals surface area contributed by atoms with Gasteiger partial charge in [0, 0.05) is 13.2 Å². The molecule has 4 N–H and O–H groups in total. The van der Waals surface area contributed by atoms with Crippen LogP contribution in [-0.2, 0) is 28.5 Å². The van der Waals surface area contributed by atoms with Crippen molar-refractivity contribution in [2.45, 2.75) is 125 Å². The SMILES string of the molecule is COC(=O)N[C@H](C(=O)N1[C@@H](CF)CC[C@H]1c1ncc(-c2ccc(-c3ccc(-c4cnc([C@@H]5CC[C@H](CF)N5C(=O)[C@@H](NC(=O)OC)[C@H]5CCOC6(CC6)C5)[nH]4)cc3)cc2)[nH]1)[C@H]1CCOC2(CC2)C1. The second kappa shape index (κ2) is 18.9. The molecule has 6 heterocycles. The van der Waals surface area contributed by atoms with Crippen LogP contribution in [0.15, 0.2) is 60.9 Å². The van der Waals surface area contributed by atoms with Crippen LogP contribution in [0.3, 0.4) is 0 Å². The summed E-state index contributed by atoms with van der Waals surface area (Å²) in [5, 5.41) is 5.59. The summed E-state index contributed by atoms with van der Waals surface area (Å²) in [7, 11) is 2.53. The lowest BCUT2D eigenvalue weighted by atomic mass is 9.86. The average Bonchev–Trinajstić information content (AvgIpc) is 3.88. The number of alkyl halides is 2.